The first-order chi connectivity index (χ1) is 5.18. The van der Waals surface area contributed by atoms with Crippen LogP contribution in [-0.4, -0.2) is 18.6 Å². The van der Waals surface area contributed by atoms with Gasteiger partial charge in [0.05, 0.1) is 0 Å². The summed E-state index contributed by atoms with van der Waals surface area (Å²) >= 11 is 0. The minimum Gasteiger partial charge on any atom is -0.300 e. The number of aromatic nitrogens is 1. The standard InChI is InChI=1S/C8H8BNO/c1-6(11)2-7-3-8(9)5-10-4-7/h3-5H,2H2,1H3. The van der Waals surface area contributed by atoms with E-state index in [4.69, 9.17) is 7.85 Å². The highest BCUT2D eigenvalue weighted by molar-refractivity contribution is 6.32. The molecule has 0 saturated heterocycles. The topological polar surface area (TPSA) is 30.0 Å². The monoisotopic (exact) mass is 145 g/mol. The quantitative estimate of drug-likeness (QED) is 0.548. The predicted molar refractivity (Wildman–Crippen MR) is 44.0 cm³/mol. The summed E-state index contributed by atoms with van der Waals surface area (Å²) in [6, 6.07) is 1.76. The van der Waals surface area contributed by atoms with Crippen LogP contribution in [0.25, 0.3) is 0 Å². The summed E-state index contributed by atoms with van der Waals surface area (Å²) in [6.07, 6.45) is 3.62. The number of nitrogens with zero attached hydrogens (tertiary/aromatic N) is 1. The molecule has 1 rings (SSSR count). The molecule has 0 atom stereocenters. The second kappa shape index (κ2) is 3.33. The second-order valence-corrected chi connectivity index (χ2v) is 2.51. The van der Waals surface area contributed by atoms with Gasteiger partial charge in [0.2, 0.25) is 0 Å². The molecule has 54 valence electrons. The highest BCUT2D eigenvalue weighted by Gasteiger charge is 1.96. The Labute approximate surface area is 67.1 Å². The van der Waals surface area contributed by atoms with Crippen molar-refractivity contribution in [3.05, 3.63) is 24.0 Å². The lowest BCUT2D eigenvalue weighted by atomic mass is 9.96. The molecule has 0 aliphatic heterocycles. The third-order valence-electron chi connectivity index (χ3n) is 1.27. The van der Waals surface area contributed by atoms with Crippen LogP contribution >= 0.6 is 0 Å². The summed E-state index contributed by atoms with van der Waals surface area (Å²) in [5.74, 6) is 0.123. The molecule has 2 nitrogen and oxygen atoms in total. The van der Waals surface area contributed by atoms with Crippen LogP contribution < -0.4 is 5.46 Å². The molecule has 0 aliphatic carbocycles. The van der Waals surface area contributed by atoms with Gasteiger partial charge in [0.15, 0.2) is 0 Å². The van der Waals surface area contributed by atoms with Gasteiger partial charge in [-0.15, -0.1) is 0 Å². The fraction of sp³-hybridized carbons (Fsp3) is 0.250. The third-order valence-corrected chi connectivity index (χ3v) is 1.27. The molecule has 0 fully saturated rings. The SMILES string of the molecule is [B]c1cncc(CC(C)=O)c1. The van der Waals surface area contributed by atoms with Crippen LogP contribution in [0, 0.1) is 0 Å². The van der Waals surface area contributed by atoms with E-state index in [1.807, 2.05) is 0 Å². The summed E-state index contributed by atoms with van der Waals surface area (Å²) in [5, 5.41) is 0. The van der Waals surface area contributed by atoms with E-state index < -0.39 is 0 Å². The number of hydrogen-bond donors (Lipinski definition) is 0. The first kappa shape index (κ1) is 7.99. The van der Waals surface area contributed by atoms with Crippen molar-refractivity contribution in [2.24, 2.45) is 0 Å². The normalized spacial score (nSPS) is 9.55. The molecule has 1 aromatic heterocycles. The van der Waals surface area contributed by atoms with Crippen LogP contribution in [0.3, 0.4) is 0 Å². The summed E-state index contributed by atoms with van der Waals surface area (Å²) in [4.78, 5) is 14.5. The zero-order chi connectivity index (χ0) is 8.27. The number of Topliss-reactive ketones (excluding diaryl/α,β-unsaturated/α-hetero) is 1. The Morgan fingerprint density at radius 3 is 2.91 bits per heavy atom. The minimum atomic E-state index is 0.123. The first-order valence-electron chi connectivity index (χ1n) is 3.37. The molecule has 0 spiro atoms. The largest absolute Gasteiger partial charge is 0.300 e. The van der Waals surface area contributed by atoms with Gasteiger partial charge in [-0.05, 0) is 12.5 Å². The molecule has 0 unspecified atom stereocenters. The molecule has 11 heavy (non-hydrogen) atoms. The van der Waals surface area contributed by atoms with E-state index >= 15 is 0 Å². The van der Waals surface area contributed by atoms with Crippen molar-refractivity contribution in [3.63, 3.8) is 0 Å². The highest BCUT2D eigenvalue weighted by Crippen LogP contribution is 1.94. The average molecular weight is 145 g/mol. The molecule has 1 heterocycles. The lowest BCUT2D eigenvalue weighted by molar-refractivity contribution is -0.116. The van der Waals surface area contributed by atoms with Crippen molar-refractivity contribution in [2.75, 3.05) is 0 Å². The van der Waals surface area contributed by atoms with Crippen LogP contribution in [0.5, 0.6) is 0 Å². The molecule has 0 aromatic carbocycles. The van der Waals surface area contributed by atoms with Crippen molar-refractivity contribution in [3.8, 4) is 0 Å². The maximum atomic E-state index is 10.7. The third kappa shape index (κ3) is 2.54. The van der Waals surface area contributed by atoms with Gasteiger partial charge in [0.25, 0.3) is 0 Å². The molecule has 2 radical (unpaired) electrons. The van der Waals surface area contributed by atoms with Crippen LogP contribution in [-0.2, 0) is 11.2 Å². The molecule has 0 N–H and O–H groups in total. The zero-order valence-corrected chi connectivity index (χ0v) is 6.37. The van der Waals surface area contributed by atoms with E-state index in [1.165, 1.54) is 0 Å². The first-order valence-corrected chi connectivity index (χ1v) is 3.37. The van der Waals surface area contributed by atoms with Crippen LogP contribution in [0.2, 0.25) is 0 Å². The highest BCUT2D eigenvalue weighted by atomic mass is 16.1. The maximum absolute atomic E-state index is 10.7. The number of carbonyl (C=O) groups excluding carboxylic acids is 1. The smallest absolute Gasteiger partial charge is 0.134 e. The van der Waals surface area contributed by atoms with E-state index in [0.717, 1.165) is 5.56 Å². The van der Waals surface area contributed by atoms with Gasteiger partial charge >= 0.3 is 0 Å². The van der Waals surface area contributed by atoms with E-state index in [9.17, 15) is 4.79 Å². The van der Waals surface area contributed by atoms with E-state index in [1.54, 1.807) is 25.4 Å². The Kier molecular flexibility index (Phi) is 2.42. The van der Waals surface area contributed by atoms with Gasteiger partial charge in [-0.3, -0.25) is 9.78 Å². The molecular weight excluding hydrogens is 137 g/mol. The van der Waals surface area contributed by atoms with Gasteiger partial charge in [-0.25, -0.2) is 0 Å². The van der Waals surface area contributed by atoms with Crippen molar-refractivity contribution in [2.45, 2.75) is 13.3 Å². The Balaban J connectivity index is 2.79. The number of rotatable bonds is 2. The van der Waals surface area contributed by atoms with Gasteiger partial charge in [-0.2, -0.15) is 0 Å². The summed E-state index contributed by atoms with van der Waals surface area (Å²) in [7, 11) is 5.46. The average Bonchev–Trinajstić information content (AvgIpc) is 1.85. The number of pyridine rings is 1. The van der Waals surface area contributed by atoms with Gasteiger partial charge in [-0.1, -0.05) is 11.5 Å². The Morgan fingerprint density at radius 2 is 2.36 bits per heavy atom. The summed E-state index contributed by atoms with van der Waals surface area (Å²) in [6.45, 7) is 1.54. The summed E-state index contributed by atoms with van der Waals surface area (Å²) in [5.41, 5.74) is 1.47. The van der Waals surface area contributed by atoms with Crippen molar-refractivity contribution < 1.29 is 4.79 Å². The molecule has 1 aromatic rings. The Hall–Kier alpha value is -1.12. The second-order valence-electron chi connectivity index (χ2n) is 2.51. The zero-order valence-electron chi connectivity index (χ0n) is 6.37. The predicted octanol–water partition coefficient (Wildman–Crippen LogP) is 0.00690. The fourth-order valence-electron chi connectivity index (χ4n) is 0.892. The Bertz CT molecular complexity index is 273. The van der Waals surface area contributed by atoms with Crippen LogP contribution in [0.4, 0.5) is 0 Å². The van der Waals surface area contributed by atoms with Gasteiger partial charge < -0.3 is 0 Å². The molecular formula is C8H8BNO. The van der Waals surface area contributed by atoms with Crippen LogP contribution in [0.1, 0.15) is 12.5 Å². The van der Waals surface area contributed by atoms with Crippen molar-refractivity contribution >= 4 is 19.1 Å². The molecule has 3 heteroatoms. The lowest BCUT2D eigenvalue weighted by Gasteiger charge is -1.97. The van der Waals surface area contributed by atoms with E-state index in [2.05, 4.69) is 4.98 Å². The van der Waals surface area contributed by atoms with Gasteiger partial charge in [0, 0.05) is 18.8 Å². The Morgan fingerprint density at radius 1 is 1.64 bits per heavy atom. The van der Waals surface area contributed by atoms with Gasteiger partial charge in [0.1, 0.15) is 13.6 Å². The van der Waals surface area contributed by atoms with Crippen molar-refractivity contribution in [1.29, 1.82) is 0 Å². The number of hydrogen-bond acceptors (Lipinski definition) is 2. The number of carbonyl (C=O) groups is 1. The van der Waals surface area contributed by atoms with Crippen molar-refractivity contribution in [1.82, 2.24) is 4.98 Å². The fourth-order valence-corrected chi connectivity index (χ4v) is 0.892. The summed E-state index contributed by atoms with van der Waals surface area (Å²) < 4.78 is 0. The molecule has 0 bridgehead atoms. The lowest BCUT2D eigenvalue weighted by Crippen LogP contribution is -2.06. The van der Waals surface area contributed by atoms with E-state index in [0.29, 0.717) is 11.9 Å². The molecule has 0 aliphatic rings. The van der Waals surface area contributed by atoms with Crippen LogP contribution in [0.15, 0.2) is 18.5 Å². The molecule has 0 amide bonds. The molecule has 0 saturated carbocycles. The maximum Gasteiger partial charge on any atom is 0.134 e. The minimum absolute atomic E-state index is 0.123. The number of ketones is 1. The van der Waals surface area contributed by atoms with E-state index in [-0.39, 0.29) is 5.78 Å².